The van der Waals surface area contributed by atoms with Crippen LogP contribution in [0.4, 0.5) is 0 Å². The second-order valence-electron chi connectivity index (χ2n) is 1.46. The van der Waals surface area contributed by atoms with Gasteiger partial charge in [-0.3, -0.25) is 9.59 Å². The Balaban J connectivity index is 3.82. The lowest BCUT2D eigenvalue weighted by atomic mass is 10.5. The Morgan fingerprint density at radius 1 is 1.70 bits per heavy atom. The lowest BCUT2D eigenvalue weighted by Gasteiger charge is -2.03. The lowest BCUT2D eigenvalue weighted by molar-refractivity contribution is -0.143. The molecule has 1 atom stereocenters. The van der Waals surface area contributed by atoms with E-state index >= 15 is 0 Å². The Morgan fingerprint density at radius 2 is 2.20 bits per heavy atom. The molecule has 0 N–H and O–H groups in total. The number of carbonyl (C=O) groups excluding carboxylic acids is 2. The molecular formula is C5H7ClO3S. The summed E-state index contributed by atoms with van der Waals surface area (Å²) >= 11 is 8.54. The maximum Gasteiger partial charge on any atom is 0.327 e. The summed E-state index contributed by atoms with van der Waals surface area (Å²) < 4.78 is 4.44. The molecule has 0 aliphatic heterocycles. The normalized spacial score (nSPS) is 12.3. The maximum atomic E-state index is 10.6. The molecule has 0 radical (unpaired) electrons. The monoisotopic (exact) mass is 182 g/mol. The van der Waals surface area contributed by atoms with E-state index in [0.29, 0.717) is 0 Å². The molecule has 0 spiro atoms. The lowest BCUT2D eigenvalue weighted by Crippen LogP contribution is -2.23. The number of hydrogen-bond donors (Lipinski definition) is 1. The molecule has 0 aliphatic carbocycles. The molecule has 5 heteroatoms. The first-order chi connectivity index (χ1) is 4.59. The predicted molar refractivity (Wildman–Crippen MR) is 40.3 cm³/mol. The Morgan fingerprint density at radius 3 is 2.50 bits per heavy atom. The molecule has 0 heterocycles. The van der Waals surface area contributed by atoms with E-state index in [1.807, 2.05) is 0 Å². The van der Waals surface area contributed by atoms with E-state index in [-0.39, 0.29) is 6.61 Å². The van der Waals surface area contributed by atoms with Crippen LogP contribution in [-0.4, -0.2) is 23.1 Å². The maximum absolute atomic E-state index is 10.6. The van der Waals surface area contributed by atoms with Gasteiger partial charge in [0.1, 0.15) is 0 Å². The number of carbonyl (C=O) groups is 2. The minimum Gasteiger partial charge on any atom is -0.465 e. The summed E-state index contributed by atoms with van der Waals surface area (Å²) in [4.78, 5) is 20.8. The number of thiol groups is 1. The van der Waals surface area contributed by atoms with Crippen molar-refractivity contribution in [3.05, 3.63) is 0 Å². The molecule has 0 aliphatic rings. The summed E-state index contributed by atoms with van der Waals surface area (Å²) in [6.45, 7) is 1.86. The second-order valence-corrected chi connectivity index (χ2v) is 2.35. The Hall–Kier alpha value is -0.220. The SMILES string of the molecule is CCOC(=O)C(S)C(=O)Cl. The van der Waals surface area contributed by atoms with Gasteiger partial charge in [0.05, 0.1) is 6.61 Å². The summed E-state index contributed by atoms with van der Waals surface area (Å²) in [7, 11) is 0. The van der Waals surface area contributed by atoms with Gasteiger partial charge in [0.15, 0.2) is 5.25 Å². The van der Waals surface area contributed by atoms with Crippen LogP contribution in [0.5, 0.6) is 0 Å². The van der Waals surface area contributed by atoms with Crippen LogP contribution in [0.15, 0.2) is 0 Å². The number of hydrogen-bond acceptors (Lipinski definition) is 4. The van der Waals surface area contributed by atoms with Crippen LogP contribution in [0.2, 0.25) is 0 Å². The summed E-state index contributed by atoms with van der Waals surface area (Å²) in [5.41, 5.74) is 0. The van der Waals surface area contributed by atoms with Crippen molar-refractivity contribution in [2.45, 2.75) is 12.2 Å². The van der Waals surface area contributed by atoms with Crippen LogP contribution in [-0.2, 0) is 14.3 Å². The minimum atomic E-state index is -1.15. The van der Waals surface area contributed by atoms with Crippen molar-refractivity contribution in [3.8, 4) is 0 Å². The molecule has 0 saturated heterocycles. The minimum absolute atomic E-state index is 0.222. The smallest absolute Gasteiger partial charge is 0.327 e. The molecule has 0 amide bonds. The zero-order valence-corrected chi connectivity index (χ0v) is 6.98. The highest BCUT2D eigenvalue weighted by Crippen LogP contribution is 2.02. The third-order valence-electron chi connectivity index (χ3n) is 0.725. The Bertz CT molecular complexity index is 148. The number of ether oxygens (including phenoxy) is 1. The van der Waals surface area contributed by atoms with Gasteiger partial charge in [0, 0.05) is 0 Å². The van der Waals surface area contributed by atoms with E-state index in [4.69, 9.17) is 11.6 Å². The summed E-state index contributed by atoms with van der Waals surface area (Å²) in [5, 5.41) is -1.97. The molecule has 0 rings (SSSR count). The van der Waals surface area contributed by atoms with Gasteiger partial charge in [-0.1, -0.05) is 0 Å². The van der Waals surface area contributed by atoms with Gasteiger partial charge >= 0.3 is 5.97 Å². The van der Waals surface area contributed by atoms with E-state index in [1.54, 1.807) is 6.92 Å². The van der Waals surface area contributed by atoms with Crippen molar-refractivity contribution >= 4 is 35.4 Å². The van der Waals surface area contributed by atoms with Gasteiger partial charge in [-0.15, -0.1) is 0 Å². The third-order valence-corrected chi connectivity index (χ3v) is 1.54. The van der Waals surface area contributed by atoms with Crippen LogP contribution in [0, 0.1) is 0 Å². The molecule has 58 valence electrons. The van der Waals surface area contributed by atoms with Crippen molar-refractivity contribution in [3.63, 3.8) is 0 Å². The first kappa shape index (κ1) is 9.78. The highest BCUT2D eigenvalue weighted by Gasteiger charge is 2.21. The van der Waals surface area contributed by atoms with E-state index in [9.17, 15) is 9.59 Å². The first-order valence-corrected chi connectivity index (χ1v) is 3.53. The second kappa shape index (κ2) is 4.57. The first-order valence-electron chi connectivity index (χ1n) is 2.63. The van der Waals surface area contributed by atoms with E-state index in [0.717, 1.165) is 0 Å². The molecule has 0 bridgehead atoms. The molecule has 3 nitrogen and oxygen atoms in total. The highest BCUT2D eigenvalue weighted by atomic mass is 35.5. The molecule has 0 aromatic rings. The van der Waals surface area contributed by atoms with Crippen molar-refractivity contribution in [2.24, 2.45) is 0 Å². The molecular weight excluding hydrogens is 176 g/mol. The Kier molecular flexibility index (Phi) is 4.47. The molecule has 0 aromatic heterocycles. The summed E-state index contributed by atoms with van der Waals surface area (Å²) in [6, 6.07) is 0. The van der Waals surface area contributed by atoms with E-state index < -0.39 is 16.5 Å². The topological polar surface area (TPSA) is 43.4 Å². The van der Waals surface area contributed by atoms with E-state index in [2.05, 4.69) is 17.4 Å². The van der Waals surface area contributed by atoms with Gasteiger partial charge in [0.25, 0.3) is 0 Å². The predicted octanol–water partition coefficient (Wildman–Crippen LogP) is 0.613. The summed E-state index contributed by atoms with van der Waals surface area (Å²) in [6.07, 6.45) is 0. The van der Waals surface area contributed by atoms with E-state index in [1.165, 1.54) is 0 Å². The molecule has 0 aromatic carbocycles. The van der Waals surface area contributed by atoms with Gasteiger partial charge in [-0.2, -0.15) is 12.6 Å². The average Bonchev–Trinajstić information content (AvgIpc) is 1.87. The van der Waals surface area contributed by atoms with Gasteiger partial charge in [-0.25, -0.2) is 0 Å². The standard InChI is InChI=1S/C5H7ClO3S/c1-2-9-5(8)3(10)4(6)7/h3,10H,2H2,1H3. The van der Waals surface area contributed by atoms with Gasteiger partial charge < -0.3 is 4.74 Å². The van der Waals surface area contributed by atoms with Gasteiger partial charge in [0.2, 0.25) is 5.24 Å². The van der Waals surface area contributed by atoms with Crippen LogP contribution in [0.3, 0.4) is 0 Å². The fourth-order valence-electron chi connectivity index (χ4n) is 0.314. The van der Waals surface area contributed by atoms with Crippen molar-refractivity contribution in [1.82, 2.24) is 0 Å². The number of rotatable bonds is 3. The fourth-order valence-corrected chi connectivity index (χ4v) is 0.477. The fraction of sp³-hybridized carbons (Fsp3) is 0.600. The molecule has 0 fully saturated rings. The zero-order valence-electron chi connectivity index (χ0n) is 5.33. The van der Waals surface area contributed by atoms with Crippen LogP contribution in [0.25, 0.3) is 0 Å². The average molecular weight is 183 g/mol. The molecule has 1 unspecified atom stereocenters. The largest absolute Gasteiger partial charge is 0.465 e. The van der Waals surface area contributed by atoms with Crippen molar-refractivity contribution in [1.29, 1.82) is 0 Å². The zero-order chi connectivity index (χ0) is 8.15. The Labute approximate surface area is 69.1 Å². The summed E-state index contributed by atoms with van der Waals surface area (Å²) in [5.74, 6) is -0.703. The highest BCUT2D eigenvalue weighted by molar-refractivity contribution is 7.83. The molecule has 0 saturated carbocycles. The van der Waals surface area contributed by atoms with Gasteiger partial charge in [-0.05, 0) is 18.5 Å². The van der Waals surface area contributed by atoms with Crippen LogP contribution >= 0.6 is 24.2 Å². The van der Waals surface area contributed by atoms with Crippen molar-refractivity contribution in [2.75, 3.05) is 6.61 Å². The third kappa shape index (κ3) is 3.08. The van der Waals surface area contributed by atoms with Crippen LogP contribution in [0.1, 0.15) is 6.92 Å². The quantitative estimate of drug-likeness (QED) is 0.301. The van der Waals surface area contributed by atoms with Crippen molar-refractivity contribution < 1.29 is 14.3 Å². The van der Waals surface area contributed by atoms with Crippen LogP contribution < -0.4 is 0 Å². The number of esters is 1. The molecule has 10 heavy (non-hydrogen) atoms. The number of halogens is 1.